The molecule has 0 saturated heterocycles. The van der Waals surface area contributed by atoms with Crippen molar-refractivity contribution in [1.82, 2.24) is 10.2 Å². The van der Waals surface area contributed by atoms with E-state index in [1.54, 1.807) is 23.1 Å². The van der Waals surface area contributed by atoms with E-state index < -0.39 is 5.54 Å². The van der Waals surface area contributed by atoms with E-state index in [0.29, 0.717) is 10.6 Å². The Labute approximate surface area is 113 Å². The summed E-state index contributed by atoms with van der Waals surface area (Å²) in [5, 5.41) is 2.90. The van der Waals surface area contributed by atoms with Crippen LogP contribution < -0.4 is 5.32 Å². The predicted molar refractivity (Wildman–Crippen MR) is 78.8 cm³/mol. The summed E-state index contributed by atoms with van der Waals surface area (Å²) in [7, 11) is 3.69. The summed E-state index contributed by atoms with van der Waals surface area (Å²) in [6, 6.07) is 9.04. The lowest BCUT2D eigenvalue weighted by Crippen LogP contribution is -2.54. The van der Waals surface area contributed by atoms with Crippen LogP contribution >= 0.6 is 12.2 Å². The van der Waals surface area contributed by atoms with Gasteiger partial charge in [-0.05, 0) is 19.1 Å². The maximum Gasteiger partial charge on any atom is 0.252 e. The molecule has 0 aliphatic rings. The van der Waals surface area contributed by atoms with Gasteiger partial charge in [-0.2, -0.15) is 0 Å². The summed E-state index contributed by atoms with van der Waals surface area (Å²) in [6.45, 7) is 5.59. The third kappa shape index (κ3) is 3.17. The van der Waals surface area contributed by atoms with Crippen LogP contribution in [0.1, 0.15) is 17.3 Å². The standard InChI is InChI=1S/C14H18N2OS/c1-5-14(2,13(18)16(3)4)15-12(17)11-9-7-6-8-10-11/h5-10H,1H2,2-4H3,(H,15,17). The number of benzene rings is 1. The van der Waals surface area contributed by atoms with Gasteiger partial charge < -0.3 is 10.2 Å². The number of nitrogens with one attached hydrogen (secondary N) is 1. The fourth-order valence-electron chi connectivity index (χ4n) is 1.55. The highest BCUT2D eigenvalue weighted by Crippen LogP contribution is 2.12. The number of hydrogen-bond acceptors (Lipinski definition) is 2. The molecule has 0 aliphatic carbocycles. The van der Waals surface area contributed by atoms with Crippen molar-refractivity contribution in [3.8, 4) is 0 Å². The molecule has 3 nitrogen and oxygen atoms in total. The summed E-state index contributed by atoms with van der Waals surface area (Å²) in [6.07, 6.45) is 1.65. The Bertz CT molecular complexity index is 456. The molecule has 96 valence electrons. The van der Waals surface area contributed by atoms with Crippen LogP contribution in [-0.4, -0.2) is 35.4 Å². The van der Waals surface area contributed by atoms with E-state index in [9.17, 15) is 4.79 Å². The molecule has 0 spiro atoms. The van der Waals surface area contributed by atoms with Crippen molar-refractivity contribution in [2.75, 3.05) is 14.1 Å². The van der Waals surface area contributed by atoms with Gasteiger partial charge in [0.25, 0.3) is 5.91 Å². The molecule has 18 heavy (non-hydrogen) atoms. The Hall–Kier alpha value is -1.68. The Morgan fingerprint density at radius 3 is 2.39 bits per heavy atom. The van der Waals surface area contributed by atoms with Crippen molar-refractivity contribution in [1.29, 1.82) is 0 Å². The van der Waals surface area contributed by atoms with Crippen molar-refractivity contribution < 1.29 is 4.79 Å². The SMILES string of the molecule is C=CC(C)(NC(=O)c1ccccc1)C(=S)N(C)C. The van der Waals surface area contributed by atoms with E-state index >= 15 is 0 Å². The largest absolute Gasteiger partial charge is 0.370 e. The Morgan fingerprint density at radius 2 is 1.94 bits per heavy atom. The molecule has 0 bridgehead atoms. The molecule has 0 heterocycles. The highest BCUT2D eigenvalue weighted by molar-refractivity contribution is 7.80. The number of carbonyl (C=O) groups is 1. The molecule has 1 atom stereocenters. The summed E-state index contributed by atoms with van der Waals surface area (Å²) >= 11 is 5.32. The van der Waals surface area contributed by atoms with Gasteiger partial charge in [0.1, 0.15) is 10.5 Å². The molecular weight excluding hydrogens is 244 g/mol. The van der Waals surface area contributed by atoms with E-state index in [0.717, 1.165) is 0 Å². The molecule has 1 aromatic rings. The van der Waals surface area contributed by atoms with Crippen LogP contribution in [0, 0.1) is 0 Å². The van der Waals surface area contributed by atoms with Crippen LogP contribution in [0.4, 0.5) is 0 Å². The first kappa shape index (κ1) is 14.4. The summed E-state index contributed by atoms with van der Waals surface area (Å²) in [5.74, 6) is -0.165. The average Bonchev–Trinajstić information content (AvgIpc) is 2.38. The van der Waals surface area contributed by atoms with Crippen LogP contribution in [0.3, 0.4) is 0 Å². The minimum atomic E-state index is -0.730. The van der Waals surface area contributed by atoms with Gasteiger partial charge in [0.15, 0.2) is 0 Å². The topological polar surface area (TPSA) is 32.3 Å². The van der Waals surface area contributed by atoms with Gasteiger partial charge in [-0.3, -0.25) is 4.79 Å². The molecule has 0 radical (unpaired) electrons. The van der Waals surface area contributed by atoms with Crippen LogP contribution in [0.2, 0.25) is 0 Å². The second kappa shape index (κ2) is 5.78. The van der Waals surface area contributed by atoms with E-state index in [2.05, 4.69) is 11.9 Å². The molecule has 1 rings (SSSR count). The Balaban J connectivity index is 2.91. The number of hydrogen-bond donors (Lipinski definition) is 1. The van der Waals surface area contributed by atoms with Crippen molar-refractivity contribution in [3.63, 3.8) is 0 Å². The Kier molecular flexibility index (Phi) is 4.62. The van der Waals surface area contributed by atoms with Crippen molar-refractivity contribution in [3.05, 3.63) is 48.6 Å². The Morgan fingerprint density at radius 1 is 1.39 bits per heavy atom. The van der Waals surface area contributed by atoms with E-state index in [-0.39, 0.29) is 5.91 Å². The first-order valence-electron chi connectivity index (χ1n) is 5.63. The highest BCUT2D eigenvalue weighted by Gasteiger charge is 2.29. The number of nitrogens with zero attached hydrogens (tertiary/aromatic N) is 1. The summed E-state index contributed by atoms with van der Waals surface area (Å²) in [4.78, 5) is 14.5. The fraction of sp³-hybridized carbons (Fsp3) is 0.286. The van der Waals surface area contributed by atoms with Crippen molar-refractivity contribution in [2.45, 2.75) is 12.5 Å². The van der Waals surface area contributed by atoms with E-state index in [1.807, 2.05) is 39.2 Å². The first-order valence-corrected chi connectivity index (χ1v) is 6.04. The molecular formula is C14H18N2OS. The fourth-order valence-corrected chi connectivity index (χ4v) is 1.69. The molecule has 0 fully saturated rings. The molecule has 0 aromatic heterocycles. The van der Waals surface area contributed by atoms with Gasteiger partial charge >= 0.3 is 0 Å². The van der Waals surface area contributed by atoms with Gasteiger partial charge in [-0.25, -0.2) is 0 Å². The second-order valence-electron chi connectivity index (χ2n) is 4.43. The number of carbonyl (C=O) groups excluding carboxylic acids is 1. The third-order valence-electron chi connectivity index (χ3n) is 2.67. The molecule has 1 N–H and O–H groups in total. The quantitative estimate of drug-likeness (QED) is 0.667. The molecule has 4 heteroatoms. The zero-order chi connectivity index (χ0) is 13.8. The number of amides is 1. The minimum Gasteiger partial charge on any atom is -0.370 e. The van der Waals surface area contributed by atoms with Crippen molar-refractivity contribution in [2.24, 2.45) is 0 Å². The van der Waals surface area contributed by atoms with Crippen LogP contribution in [0.15, 0.2) is 43.0 Å². The van der Waals surface area contributed by atoms with Gasteiger partial charge in [0.2, 0.25) is 0 Å². The summed E-state index contributed by atoms with van der Waals surface area (Å²) < 4.78 is 0. The van der Waals surface area contributed by atoms with Gasteiger partial charge in [-0.1, -0.05) is 36.5 Å². The molecule has 0 saturated carbocycles. The second-order valence-corrected chi connectivity index (χ2v) is 4.81. The molecule has 0 aliphatic heterocycles. The number of rotatable bonds is 4. The number of thiocarbonyl (C=S) groups is 1. The van der Waals surface area contributed by atoms with Crippen molar-refractivity contribution >= 4 is 23.1 Å². The zero-order valence-electron chi connectivity index (χ0n) is 10.9. The predicted octanol–water partition coefficient (Wildman–Crippen LogP) is 2.25. The van der Waals surface area contributed by atoms with Gasteiger partial charge in [0, 0.05) is 19.7 Å². The zero-order valence-corrected chi connectivity index (χ0v) is 11.8. The molecule has 1 amide bonds. The molecule has 1 unspecified atom stereocenters. The van der Waals surface area contributed by atoms with Crippen LogP contribution in [0.25, 0.3) is 0 Å². The summed E-state index contributed by atoms with van der Waals surface area (Å²) in [5.41, 5.74) is -0.127. The lowest BCUT2D eigenvalue weighted by atomic mass is 10.0. The third-order valence-corrected chi connectivity index (χ3v) is 3.46. The average molecular weight is 262 g/mol. The lowest BCUT2D eigenvalue weighted by Gasteiger charge is -2.32. The maximum absolute atomic E-state index is 12.1. The monoisotopic (exact) mass is 262 g/mol. The van der Waals surface area contributed by atoms with Crippen LogP contribution in [0.5, 0.6) is 0 Å². The van der Waals surface area contributed by atoms with Crippen LogP contribution in [-0.2, 0) is 0 Å². The van der Waals surface area contributed by atoms with E-state index in [1.165, 1.54) is 0 Å². The normalized spacial score (nSPS) is 13.3. The smallest absolute Gasteiger partial charge is 0.252 e. The minimum absolute atomic E-state index is 0.165. The van der Waals surface area contributed by atoms with E-state index in [4.69, 9.17) is 12.2 Å². The van der Waals surface area contributed by atoms with Gasteiger partial charge in [-0.15, -0.1) is 6.58 Å². The first-order chi connectivity index (χ1) is 8.40. The highest BCUT2D eigenvalue weighted by atomic mass is 32.1. The lowest BCUT2D eigenvalue weighted by molar-refractivity contribution is 0.0936. The molecule has 1 aromatic carbocycles. The van der Waals surface area contributed by atoms with Gasteiger partial charge in [0.05, 0.1) is 0 Å². The maximum atomic E-state index is 12.1. The number of likely N-dealkylation sites (N-methyl/N-ethyl adjacent to an activating group) is 1.